The molecular weight excluding hydrogens is 190 g/mol. The lowest BCUT2D eigenvalue weighted by Gasteiger charge is -2.08. The molecule has 4 nitrogen and oxygen atoms in total. The Morgan fingerprint density at radius 1 is 1.47 bits per heavy atom. The van der Waals surface area contributed by atoms with E-state index >= 15 is 0 Å². The van der Waals surface area contributed by atoms with Crippen LogP contribution in [0.15, 0.2) is 0 Å². The van der Waals surface area contributed by atoms with Gasteiger partial charge in [-0.3, -0.25) is 4.79 Å². The van der Waals surface area contributed by atoms with E-state index in [9.17, 15) is 4.79 Å². The van der Waals surface area contributed by atoms with E-state index in [-0.39, 0.29) is 0 Å². The minimum Gasteiger partial charge on any atom is -0.296 e. The third-order valence-electron chi connectivity index (χ3n) is 2.28. The Morgan fingerprint density at radius 3 is 2.73 bits per heavy atom. The quantitative estimate of drug-likeness (QED) is 0.674. The van der Waals surface area contributed by atoms with E-state index < -0.39 is 0 Å². The number of hydrogen-bond donors (Lipinski definition) is 0. The summed E-state index contributed by atoms with van der Waals surface area (Å²) in [5.74, 6) is 0.520. The lowest BCUT2D eigenvalue weighted by molar-refractivity contribution is 0.111. The van der Waals surface area contributed by atoms with Crippen LogP contribution in [0.5, 0.6) is 0 Å². The van der Waals surface area contributed by atoms with E-state index in [2.05, 4.69) is 31.1 Å². The Morgan fingerprint density at radius 2 is 2.20 bits per heavy atom. The number of aldehydes is 1. The first-order chi connectivity index (χ1) is 7.19. The maximum atomic E-state index is 10.8. The predicted molar refractivity (Wildman–Crippen MR) is 58.9 cm³/mol. The average molecular weight is 209 g/mol. The molecule has 0 amide bonds. The minimum atomic E-state index is 0.504. The standard InChI is InChI=1S/C11H19N3O/c1-4-5-6-11-10(8-15)12-13-14(11)7-9(2)3/h8-9H,4-7H2,1-3H3. The molecule has 0 aliphatic carbocycles. The van der Waals surface area contributed by atoms with Gasteiger partial charge in [0.25, 0.3) is 0 Å². The molecule has 0 atom stereocenters. The molecule has 1 aromatic heterocycles. The fourth-order valence-corrected chi connectivity index (χ4v) is 1.53. The first-order valence-electron chi connectivity index (χ1n) is 5.56. The van der Waals surface area contributed by atoms with Crippen LogP contribution in [0.1, 0.15) is 49.8 Å². The van der Waals surface area contributed by atoms with E-state index in [0.717, 1.165) is 37.8 Å². The van der Waals surface area contributed by atoms with Gasteiger partial charge in [-0.2, -0.15) is 0 Å². The number of hydrogen-bond acceptors (Lipinski definition) is 3. The van der Waals surface area contributed by atoms with Crippen molar-refractivity contribution < 1.29 is 4.79 Å². The van der Waals surface area contributed by atoms with Crippen molar-refractivity contribution in [2.45, 2.75) is 46.6 Å². The van der Waals surface area contributed by atoms with Gasteiger partial charge < -0.3 is 0 Å². The SMILES string of the molecule is CCCCc1c(C=O)nnn1CC(C)C. The predicted octanol–water partition coefficient (Wildman–Crippen LogP) is 2.09. The molecule has 0 saturated carbocycles. The smallest absolute Gasteiger partial charge is 0.172 e. The van der Waals surface area contributed by atoms with Crippen LogP contribution in [0, 0.1) is 5.92 Å². The van der Waals surface area contributed by atoms with Crippen molar-refractivity contribution >= 4 is 6.29 Å². The average Bonchev–Trinajstić information content (AvgIpc) is 2.56. The highest BCUT2D eigenvalue weighted by Gasteiger charge is 2.12. The summed E-state index contributed by atoms with van der Waals surface area (Å²) in [5.41, 5.74) is 1.49. The number of carbonyl (C=O) groups is 1. The molecule has 1 heterocycles. The van der Waals surface area contributed by atoms with Crippen LogP contribution in [0.4, 0.5) is 0 Å². The number of carbonyl (C=O) groups excluding carboxylic acids is 1. The van der Waals surface area contributed by atoms with E-state index in [1.54, 1.807) is 0 Å². The first-order valence-corrected chi connectivity index (χ1v) is 5.56. The molecule has 0 aliphatic rings. The molecule has 1 aromatic rings. The Labute approximate surface area is 90.7 Å². The Balaban J connectivity index is 2.84. The van der Waals surface area contributed by atoms with Crippen molar-refractivity contribution in [2.75, 3.05) is 0 Å². The summed E-state index contributed by atoms with van der Waals surface area (Å²) in [7, 11) is 0. The molecule has 84 valence electrons. The second-order valence-corrected chi connectivity index (χ2v) is 4.22. The minimum absolute atomic E-state index is 0.504. The van der Waals surface area contributed by atoms with E-state index in [1.165, 1.54) is 0 Å². The van der Waals surface area contributed by atoms with Crippen LogP contribution in [0.25, 0.3) is 0 Å². The van der Waals surface area contributed by atoms with Gasteiger partial charge >= 0.3 is 0 Å². The summed E-state index contributed by atoms with van der Waals surface area (Å²) < 4.78 is 1.87. The van der Waals surface area contributed by atoms with Crippen molar-refractivity contribution in [2.24, 2.45) is 5.92 Å². The van der Waals surface area contributed by atoms with Crippen molar-refractivity contribution in [3.8, 4) is 0 Å². The number of nitrogens with zero attached hydrogens (tertiary/aromatic N) is 3. The molecule has 0 unspecified atom stereocenters. The zero-order chi connectivity index (χ0) is 11.3. The zero-order valence-electron chi connectivity index (χ0n) is 9.73. The van der Waals surface area contributed by atoms with Gasteiger partial charge in [-0.25, -0.2) is 4.68 Å². The van der Waals surface area contributed by atoms with Crippen LogP contribution >= 0.6 is 0 Å². The van der Waals surface area contributed by atoms with Gasteiger partial charge in [0.05, 0.1) is 5.69 Å². The lowest BCUT2D eigenvalue weighted by atomic mass is 10.1. The van der Waals surface area contributed by atoms with Crippen molar-refractivity contribution in [3.63, 3.8) is 0 Å². The van der Waals surface area contributed by atoms with E-state index in [4.69, 9.17) is 0 Å². The Kier molecular flexibility index (Phi) is 4.46. The Bertz CT molecular complexity index is 318. The van der Waals surface area contributed by atoms with Crippen LogP contribution < -0.4 is 0 Å². The summed E-state index contributed by atoms with van der Waals surface area (Å²) in [6.07, 6.45) is 3.89. The van der Waals surface area contributed by atoms with E-state index in [1.807, 2.05) is 4.68 Å². The molecule has 0 N–H and O–H groups in total. The second-order valence-electron chi connectivity index (χ2n) is 4.22. The van der Waals surface area contributed by atoms with Gasteiger partial charge in [0.15, 0.2) is 6.29 Å². The molecule has 0 radical (unpaired) electrons. The molecule has 4 heteroatoms. The fraction of sp³-hybridized carbons (Fsp3) is 0.727. The molecule has 15 heavy (non-hydrogen) atoms. The largest absolute Gasteiger partial charge is 0.296 e. The van der Waals surface area contributed by atoms with Crippen molar-refractivity contribution in [3.05, 3.63) is 11.4 Å². The molecule has 0 aliphatic heterocycles. The summed E-state index contributed by atoms with van der Waals surface area (Å²) in [6.45, 7) is 7.23. The highest BCUT2D eigenvalue weighted by atomic mass is 16.1. The molecule has 0 spiro atoms. The normalized spacial score (nSPS) is 10.9. The molecule has 0 fully saturated rings. The van der Waals surface area contributed by atoms with Crippen LogP contribution in [-0.2, 0) is 13.0 Å². The third kappa shape index (κ3) is 3.15. The maximum absolute atomic E-state index is 10.8. The van der Waals surface area contributed by atoms with Gasteiger partial charge in [0.1, 0.15) is 5.69 Å². The maximum Gasteiger partial charge on any atom is 0.172 e. The second kappa shape index (κ2) is 5.63. The number of aromatic nitrogens is 3. The van der Waals surface area contributed by atoms with Crippen LogP contribution in [-0.4, -0.2) is 21.3 Å². The summed E-state index contributed by atoms with van der Waals surface area (Å²) in [5, 5.41) is 7.90. The molecule has 0 aromatic carbocycles. The molecule has 1 rings (SSSR count). The third-order valence-corrected chi connectivity index (χ3v) is 2.28. The monoisotopic (exact) mass is 209 g/mol. The number of rotatable bonds is 6. The lowest BCUT2D eigenvalue weighted by Crippen LogP contribution is -2.10. The van der Waals surface area contributed by atoms with Gasteiger partial charge in [0.2, 0.25) is 0 Å². The Hall–Kier alpha value is -1.19. The highest BCUT2D eigenvalue weighted by molar-refractivity contribution is 5.73. The summed E-state index contributed by atoms with van der Waals surface area (Å²) >= 11 is 0. The topological polar surface area (TPSA) is 47.8 Å². The van der Waals surface area contributed by atoms with E-state index in [0.29, 0.717) is 11.6 Å². The van der Waals surface area contributed by atoms with Gasteiger partial charge in [-0.05, 0) is 18.8 Å². The van der Waals surface area contributed by atoms with Gasteiger partial charge in [-0.15, -0.1) is 5.10 Å². The van der Waals surface area contributed by atoms with Crippen LogP contribution in [0.2, 0.25) is 0 Å². The van der Waals surface area contributed by atoms with Gasteiger partial charge in [0, 0.05) is 6.54 Å². The van der Waals surface area contributed by atoms with Crippen molar-refractivity contribution in [1.82, 2.24) is 15.0 Å². The fourth-order valence-electron chi connectivity index (χ4n) is 1.53. The van der Waals surface area contributed by atoms with Gasteiger partial charge in [-0.1, -0.05) is 32.4 Å². The summed E-state index contributed by atoms with van der Waals surface area (Å²) in [4.78, 5) is 10.8. The highest BCUT2D eigenvalue weighted by Crippen LogP contribution is 2.10. The summed E-state index contributed by atoms with van der Waals surface area (Å²) in [6, 6.07) is 0. The molecule has 0 bridgehead atoms. The molecule has 0 saturated heterocycles. The first kappa shape index (κ1) is 11.9. The van der Waals surface area contributed by atoms with Crippen LogP contribution in [0.3, 0.4) is 0 Å². The van der Waals surface area contributed by atoms with Crippen molar-refractivity contribution in [1.29, 1.82) is 0 Å². The zero-order valence-corrected chi connectivity index (χ0v) is 9.73. The number of unbranched alkanes of at least 4 members (excludes halogenated alkanes) is 1. The molecular formula is C11H19N3O.